The van der Waals surface area contributed by atoms with E-state index >= 15 is 0 Å². The molecule has 5 rings (SSSR count). The smallest absolute Gasteiger partial charge is 0.259 e. The SMILES string of the molecule is CN(Cc1nc2sc3c(c2c(=O)[nH]1)CCC3)Cc1nc2ccccc2s1. The lowest BCUT2D eigenvalue weighted by atomic mass is 10.2. The predicted molar refractivity (Wildman–Crippen MR) is 107 cm³/mol. The van der Waals surface area contributed by atoms with Gasteiger partial charge in [-0.25, -0.2) is 9.97 Å². The predicted octanol–water partition coefficient (Wildman–Crippen LogP) is 3.72. The average molecular weight is 383 g/mol. The number of nitrogens with zero attached hydrogens (tertiary/aromatic N) is 3. The van der Waals surface area contributed by atoms with Crippen molar-refractivity contribution in [2.24, 2.45) is 0 Å². The summed E-state index contributed by atoms with van der Waals surface area (Å²) in [5.41, 5.74) is 2.29. The maximum absolute atomic E-state index is 12.6. The van der Waals surface area contributed by atoms with Crippen LogP contribution in [-0.4, -0.2) is 26.9 Å². The van der Waals surface area contributed by atoms with E-state index in [9.17, 15) is 4.79 Å². The fraction of sp³-hybridized carbons (Fsp3) is 0.316. The molecule has 0 atom stereocenters. The largest absolute Gasteiger partial charge is 0.309 e. The number of benzene rings is 1. The summed E-state index contributed by atoms with van der Waals surface area (Å²) >= 11 is 3.40. The second-order valence-electron chi connectivity index (χ2n) is 6.80. The zero-order chi connectivity index (χ0) is 17.7. The number of fused-ring (bicyclic) bond motifs is 4. The Morgan fingerprint density at radius 3 is 2.92 bits per heavy atom. The van der Waals surface area contributed by atoms with E-state index in [-0.39, 0.29) is 5.56 Å². The van der Waals surface area contributed by atoms with Crippen molar-refractivity contribution in [2.45, 2.75) is 32.4 Å². The molecule has 1 N–H and O–H groups in total. The van der Waals surface area contributed by atoms with Crippen molar-refractivity contribution >= 4 is 43.1 Å². The minimum Gasteiger partial charge on any atom is -0.309 e. The summed E-state index contributed by atoms with van der Waals surface area (Å²) < 4.78 is 1.21. The highest BCUT2D eigenvalue weighted by atomic mass is 32.1. The molecule has 26 heavy (non-hydrogen) atoms. The topological polar surface area (TPSA) is 61.9 Å². The zero-order valence-electron chi connectivity index (χ0n) is 14.4. The van der Waals surface area contributed by atoms with E-state index in [1.165, 1.54) is 15.1 Å². The summed E-state index contributed by atoms with van der Waals surface area (Å²) in [5.74, 6) is 0.728. The van der Waals surface area contributed by atoms with Crippen LogP contribution in [0.25, 0.3) is 20.4 Å². The maximum Gasteiger partial charge on any atom is 0.259 e. The number of thiophene rings is 1. The van der Waals surface area contributed by atoms with Gasteiger partial charge in [0.2, 0.25) is 0 Å². The Morgan fingerprint density at radius 2 is 2.04 bits per heavy atom. The molecule has 0 saturated carbocycles. The summed E-state index contributed by atoms with van der Waals surface area (Å²) in [6.45, 7) is 1.34. The zero-order valence-corrected chi connectivity index (χ0v) is 16.0. The number of aryl methyl sites for hydroxylation is 2. The van der Waals surface area contributed by atoms with Gasteiger partial charge in [0, 0.05) is 4.88 Å². The quantitative estimate of drug-likeness (QED) is 0.584. The lowest BCUT2D eigenvalue weighted by Gasteiger charge is -2.14. The van der Waals surface area contributed by atoms with Crippen molar-refractivity contribution in [3.63, 3.8) is 0 Å². The van der Waals surface area contributed by atoms with Gasteiger partial charge < -0.3 is 4.98 Å². The van der Waals surface area contributed by atoms with Crippen LogP contribution in [0.4, 0.5) is 0 Å². The van der Waals surface area contributed by atoms with Crippen molar-refractivity contribution < 1.29 is 0 Å². The number of thiazole rings is 1. The number of hydrogen-bond acceptors (Lipinski definition) is 6. The fourth-order valence-corrected chi connectivity index (χ4v) is 5.98. The minimum atomic E-state index is 0.0118. The van der Waals surface area contributed by atoms with E-state index in [1.54, 1.807) is 22.7 Å². The van der Waals surface area contributed by atoms with Crippen molar-refractivity contribution in [3.8, 4) is 0 Å². The van der Waals surface area contributed by atoms with Crippen molar-refractivity contribution in [3.05, 3.63) is 55.9 Å². The highest BCUT2D eigenvalue weighted by Gasteiger charge is 2.21. The number of rotatable bonds is 4. The molecule has 1 aromatic carbocycles. The molecule has 0 bridgehead atoms. The Morgan fingerprint density at radius 1 is 1.15 bits per heavy atom. The number of aromatic nitrogens is 3. The normalized spacial score (nSPS) is 13.9. The van der Waals surface area contributed by atoms with Crippen LogP contribution in [0.3, 0.4) is 0 Å². The third-order valence-corrected chi connectivity index (χ3v) is 6.99. The third-order valence-electron chi connectivity index (χ3n) is 4.79. The Kier molecular flexibility index (Phi) is 3.88. The molecule has 1 aliphatic carbocycles. The minimum absolute atomic E-state index is 0.0118. The average Bonchev–Trinajstić information content (AvgIpc) is 3.27. The summed E-state index contributed by atoms with van der Waals surface area (Å²) in [7, 11) is 2.03. The van der Waals surface area contributed by atoms with Crippen LogP contribution in [-0.2, 0) is 25.9 Å². The molecule has 0 radical (unpaired) electrons. The lowest BCUT2D eigenvalue weighted by molar-refractivity contribution is 0.310. The van der Waals surface area contributed by atoms with Crippen molar-refractivity contribution in [1.29, 1.82) is 0 Å². The monoisotopic (exact) mass is 382 g/mol. The molecule has 0 saturated heterocycles. The number of hydrogen-bond donors (Lipinski definition) is 1. The number of para-hydroxylation sites is 1. The Bertz CT molecular complexity index is 1140. The van der Waals surface area contributed by atoms with Gasteiger partial charge in [-0.15, -0.1) is 22.7 Å². The molecule has 3 heterocycles. The summed E-state index contributed by atoms with van der Waals surface area (Å²) in [5, 5.41) is 1.90. The van der Waals surface area contributed by atoms with Gasteiger partial charge in [0.25, 0.3) is 5.56 Å². The van der Waals surface area contributed by atoms with E-state index in [4.69, 9.17) is 4.98 Å². The summed E-state index contributed by atoms with van der Waals surface area (Å²) in [4.78, 5) is 29.3. The molecule has 0 unspecified atom stereocenters. The van der Waals surface area contributed by atoms with Crippen LogP contribution >= 0.6 is 22.7 Å². The van der Waals surface area contributed by atoms with Crippen LogP contribution in [0, 0.1) is 0 Å². The first-order valence-electron chi connectivity index (χ1n) is 8.74. The Balaban J connectivity index is 1.39. The molecule has 0 amide bonds. The Labute approximate surface area is 158 Å². The van der Waals surface area contributed by atoms with Gasteiger partial charge in [0.05, 0.1) is 28.7 Å². The molecular formula is C19H18N4OS2. The molecule has 0 spiro atoms. The highest BCUT2D eigenvalue weighted by Crippen LogP contribution is 2.34. The number of H-pyrrole nitrogens is 1. The Hall–Kier alpha value is -2.09. The van der Waals surface area contributed by atoms with E-state index in [0.717, 1.165) is 52.4 Å². The third kappa shape index (κ3) is 2.76. The van der Waals surface area contributed by atoms with E-state index in [1.807, 2.05) is 25.2 Å². The summed E-state index contributed by atoms with van der Waals surface area (Å²) in [6.07, 6.45) is 3.25. The van der Waals surface area contributed by atoms with Gasteiger partial charge in [-0.05, 0) is 44.0 Å². The standard InChI is InChI=1S/C19H18N4OS2/c1-23(10-16-20-12-6-2-3-7-14(12)25-16)9-15-21-18(24)17-11-5-4-8-13(11)26-19(17)22-15/h2-3,6-7H,4-5,8-10H2,1H3,(H,21,22,24). The second kappa shape index (κ2) is 6.26. The van der Waals surface area contributed by atoms with Crippen LogP contribution in [0.5, 0.6) is 0 Å². The van der Waals surface area contributed by atoms with Crippen LogP contribution in [0.2, 0.25) is 0 Å². The molecule has 1 aliphatic rings. The molecule has 3 aromatic heterocycles. The van der Waals surface area contributed by atoms with Gasteiger partial charge in [0.1, 0.15) is 15.7 Å². The van der Waals surface area contributed by atoms with Crippen molar-refractivity contribution in [1.82, 2.24) is 19.9 Å². The van der Waals surface area contributed by atoms with Crippen LogP contribution in [0.15, 0.2) is 29.1 Å². The molecule has 5 nitrogen and oxygen atoms in total. The molecule has 0 fully saturated rings. The first kappa shape index (κ1) is 16.1. The first-order chi connectivity index (χ1) is 12.7. The van der Waals surface area contributed by atoms with Crippen molar-refractivity contribution in [2.75, 3.05) is 7.05 Å². The van der Waals surface area contributed by atoms with E-state index < -0.39 is 0 Å². The molecule has 4 aromatic rings. The molecule has 0 aliphatic heterocycles. The van der Waals surface area contributed by atoms with Gasteiger partial charge in [-0.2, -0.15) is 0 Å². The molecule has 7 heteroatoms. The van der Waals surface area contributed by atoms with Crippen LogP contribution in [0.1, 0.15) is 27.7 Å². The first-order valence-corrected chi connectivity index (χ1v) is 10.4. The second-order valence-corrected chi connectivity index (χ2v) is 9.00. The fourth-order valence-electron chi connectivity index (χ4n) is 3.65. The number of nitrogens with one attached hydrogen (secondary N) is 1. The molecular weight excluding hydrogens is 364 g/mol. The van der Waals surface area contributed by atoms with Gasteiger partial charge >= 0.3 is 0 Å². The number of aromatic amines is 1. The highest BCUT2D eigenvalue weighted by molar-refractivity contribution is 7.19. The van der Waals surface area contributed by atoms with E-state index in [2.05, 4.69) is 20.9 Å². The lowest BCUT2D eigenvalue weighted by Crippen LogP contribution is -2.21. The van der Waals surface area contributed by atoms with Gasteiger partial charge in [-0.1, -0.05) is 12.1 Å². The van der Waals surface area contributed by atoms with Gasteiger partial charge in [-0.3, -0.25) is 9.69 Å². The van der Waals surface area contributed by atoms with E-state index in [0.29, 0.717) is 6.54 Å². The maximum atomic E-state index is 12.6. The summed E-state index contributed by atoms with van der Waals surface area (Å²) in [6, 6.07) is 8.19. The van der Waals surface area contributed by atoms with Gasteiger partial charge in [0.15, 0.2) is 0 Å². The van der Waals surface area contributed by atoms with Crippen LogP contribution < -0.4 is 5.56 Å². The molecule has 132 valence electrons.